The molecule has 3 aromatic carbocycles. The van der Waals surface area contributed by atoms with Crippen molar-refractivity contribution >= 4 is 46.9 Å². The predicted octanol–water partition coefficient (Wildman–Crippen LogP) is 6.65. The van der Waals surface area contributed by atoms with Gasteiger partial charge in [-0.1, -0.05) is 78.0 Å². The summed E-state index contributed by atoms with van der Waals surface area (Å²) >= 11 is 7.85. The maximum Gasteiger partial charge on any atom is 0.255 e. The lowest BCUT2D eigenvalue weighted by atomic mass is 10.1. The summed E-state index contributed by atoms with van der Waals surface area (Å²) in [4.78, 5) is 26.5. The lowest BCUT2D eigenvalue weighted by molar-refractivity contribution is 0.102. The second-order valence-corrected chi connectivity index (χ2v) is 10.7. The fraction of sp³-hybridized carbons (Fsp3) is 0.194. The van der Waals surface area contributed by atoms with E-state index in [2.05, 4.69) is 44.4 Å². The zero-order valence-electron chi connectivity index (χ0n) is 21.8. The number of rotatable bonds is 9. The van der Waals surface area contributed by atoms with Gasteiger partial charge in [-0.05, 0) is 47.5 Å². The van der Waals surface area contributed by atoms with Crippen molar-refractivity contribution in [1.29, 1.82) is 0 Å². The van der Waals surface area contributed by atoms with E-state index >= 15 is 0 Å². The third-order valence-electron chi connectivity index (χ3n) is 6.49. The Kier molecular flexibility index (Phi) is 9.44. The molecule has 0 saturated carbocycles. The first kappa shape index (κ1) is 27.8. The molecule has 4 aromatic rings. The molecule has 6 nitrogen and oxygen atoms in total. The molecule has 1 N–H and O–H groups in total. The van der Waals surface area contributed by atoms with E-state index in [0.717, 1.165) is 44.1 Å². The van der Waals surface area contributed by atoms with Gasteiger partial charge in [0, 0.05) is 55.8 Å². The van der Waals surface area contributed by atoms with E-state index in [-0.39, 0.29) is 11.7 Å². The normalized spacial score (nSPS) is 14.0. The first-order valence-corrected chi connectivity index (χ1v) is 14.4. The van der Waals surface area contributed by atoms with Crippen molar-refractivity contribution in [3.63, 3.8) is 0 Å². The lowest BCUT2D eigenvalue weighted by Crippen LogP contribution is -2.46. The minimum atomic E-state index is -0.349. The van der Waals surface area contributed by atoms with Gasteiger partial charge in [-0.15, -0.1) is 0 Å². The Bertz CT molecular complexity index is 1460. The van der Waals surface area contributed by atoms with E-state index in [1.807, 2.05) is 42.5 Å². The van der Waals surface area contributed by atoms with Crippen molar-refractivity contribution in [1.82, 2.24) is 14.9 Å². The van der Waals surface area contributed by atoms with Crippen molar-refractivity contribution in [2.45, 2.75) is 10.9 Å². The summed E-state index contributed by atoms with van der Waals surface area (Å²) in [5, 5.41) is 3.80. The molecule has 204 valence electrons. The van der Waals surface area contributed by atoms with E-state index in [1.54, 1.807) is 6.07 Å². The van der Waals surface area contributed by atoms with Crippen LogP contribution in [0.3, 0.4) is 0 Å². The zero-order valence-corrected chi connectivity index (χ0v) is 23.4. The van der Waals surface area contributed by atoms with Gasteiger partial charge in [0.2, 0.25) is 0 Å². The molecule has 1 amide bonds. The van der Waals surface area contributed by atoms with E-state index in [4.69, 9.17) is 16.6 Å². The number of hydrogen-bond donors (Lipinski definition) is 1. The summed E-state index contributed by atoms with van der Waals surface area (Å²) in [6, 6.07) is 25.2. The van der Waals surface area contributed by atoms with Gasteiger partial charge in [0.05, 0.1) is 0 Å². The molecule has 0 aliphatic carbocycles. The molecule has 1 aliphatic heterocycles. The lowest BCUT2D eigenvalue weighted by Gasteiger charge is -2.35. The Labute approximate surface area is 242 Å². The number of benzene rings is 3. The number of piperazine rings is 1. The molecule has 2 heterocycles. The van der Waals surface area contributed by atoms with Crippen molar-refractivity contribution < 1.29 is 9.18 Å². The molecule has 0 spiro atoms. The van der Waals surface area contributed by atoms with Crippen molar-refractivity contribution in [3.8, 4) is 0 Å². The third-order valence-corrected chi connectivity index (χ3v) is 7.60. The Morgan fingerprint density at radius 1 is 0.950 bits per heavy atom. The molecule has 9 heteroatoms. The summed E-state index contributed by atoms with van der Waals surface area (Å²) < 4.78 is 13.1. The molecule has 1 saturated heterocycles. The fourth-order valence-electron chi connectivity index (χ4n) is 4.36. The molecule has 1 fully saturated rings. The van der Waals surface area contributed by atoms with Crippen LogP contribution in [0.2, 0.25) is 5.15 Å². The average molecular weight is 574 g/mol. The first-order chi connectivity index (χ1) is 19.5. The zero-order chi connectivity index (χ0) is 27.7. The second-order valence-electron chi connectivity index (χ2n) is 9.38. The molecule has 0 unspecified atom stereocenters. The average Bonchev–Trinajstić information content (AvgIpc) is 2.98. The molecule has 0 bridgehead atoms. The minimum absolute atomic E-state index is 0.255. The quantitative estimate of drug-likeness (QED) is 0.137. The topological polar surface area (TPSA) is 61.4 Å². The van der Waals surface area contributed by atoms with Crippen LogP contribution < -0.4 is 10.2 Å². The summed E-state index contributed by atoms with van der Waals surface area (Å²) in [7, 11) is 0. The number of thioether (sulfide) groups is 1. The Morgan fingerprint density at radius 3 is 2.50 bits per heavy atom. The Balaban J connectivity index is 1.14. The highest BCUT2D eigenvalue weighted by atomic mass is 35.5. The molecule has 40 heavy (non-hydrogen) atoms. The summed E-state index contributed by atoms with van der Waals surface area (Å²) in [6.07, 6.45) is 4.37. The van der Waals surface area contributed by atoms with Gasteiger partial charge in [0.15, 0.2) is 5.16 Å². The first-order valence-electron chi connectivity index (χ1n) is 13.0. The minimum Gasteiger partial charge on any atom is -0.354 e. The number of carbonyl (C=O) groups is 1. The highest BCUT2D eigenvalue weighted by molar-refractivity contribution is 7.98. The molecular formula is C31H29ClFN5OS. The number of carbonyl (C=O) groups excluding carboxylic acids is 1. The number of anilines is 2. The monoisotopic (exact) mass is 573 g/mol. The van der Waals surface area contributed by atoms with Crippen LogP contribution in [0.1, 0.15) is 21.5 Å². The Morgan fingerprint density at radius 2 is 1.73 bits per heavy atom. The third kappa shape index (κ3) is 7.91. The number of amides is 1. The van der Waals surface area contributed by atoms with E-state index in [9.17, 15) is 9.18 Å². The molecule has 0 radical (unpaired) electrons. The highest BCUT2D eigenvalue weighted by Crippen LogP contribution is 2.26. The van der Waals surface area contributed by atoms with E-state index in [1.165, 1.54) is 41.6 Å². The standard InChI is InChI=1S/C31H29ClFN5OS/c32-28-21-29(38-18-16-37(17-19-38)15-5-9-23-6-2-1-3-7-23)36-31(35-28)40-22-24-8-4-10-25(20-24)30(39)34-27-13-11-26(33)12-14-27/h1-14,20-21H,15-19,22H2,(H,34,39). The van der Waals surface area contributed by atoms with Crippen LogP contribution >= 0.6 is 23.4 Å². The van der Waals surface area contributed by atoms with Gasteiger partial charge in [-0.2, -0.15) is 0 Å². The molecule has 0 atom stereocenters. The van der Waals surface area contributed by atoms with Gasteiger partial charge in [-0.25, -0.2) is 14.4 Å². The van der Waals surface area contributed by atoms with Crippen LogP contribution in [0.25, 0.3) is 6.08 Å². The number of hydrogen-bond acceptors (Lipinski definition) is 6. The van der Waals surface area contributed by atoms with E-state index < -0.39 is 0 Å². The predicted molar refractivity (Wildman–Crippen MR) is 162 cm³/mol. The van der Waals surface area contributed by atoms with Crippen LogP contribution in [-0.4, -0.2) is 53.5 Å². The number of halogens is 2. The summed E-state index contributed by atoms with van der Waals surface area (Å²) in [5.74, 6) is 0.806. The van der Waals surface area contributed by atoms with Crippen molar-refractivity contribution in [2.75, 3.05) is 42.9 Å². The summed E-state index contributed by atoms with van der Waals surface area (Å²) in [6.45, 7) is 4.52. The van der Waals surface area contributed by atoms with Crippen molar-refractivity contribution in [3.05, 3.63) is 119 Å². The largest absolute Gasteiger partial charge is 0.354 e. The smallest absolute Gasteiger partial charge is 0.255 e. The molecule has 5 rings (SSSR count). The molecule has 1 aromatic heterocycles. The number of nitrogens with one attached hydrogen (secondary N) is 1. The maximum absolute atomic E-state index is 13.1. The van der Waals surface area contributed by atoms with Crippen LogP contribution in [0.15, 0.2) is 96.2 Å². The van der Waals surface area contributed by atoms with Gasteiger partial charge in [0.1, 0.15) is 16.8 Å². The van der Waals surface area contributed by atoms with E-state index in [0.29, 0.717) is 27.3 Å². The number of aromatic nitrogens is 2. The van der Waals surface area contributed by atoms with Crippen LogP contribution in [0.4, 0.5) is 15.9 Å². The Hall–Kier alpha value is -3.72. The second kappa shape index (κ2) is 13.6. The van der Waals surface area contributed by atoms with Crippen molar-refractivity contribution in [2.24, 2.45) is 0 Å². The SMILES string of the molecule is O=C(Nc1ccc(F)cc1)c1cccc(CSc2nc(Cl)cc(N3CCN(CC=Cc4ccccc4)CC3)n2)c1. The number of nitrogens with zero attached hydrogens (tertiary/aromatic N) is 4. The molecular weight excluding hydrogens is 545 g/mol. The van der Waals surface area contributed by atoms with Gasteiger partial charge >= 0.3 is 0 Å². The fourth-order valence-corrected chi connectivity index (χ4v) is 5.38. The molecule has 1 aliphatic rings. The summed E-state index contributed by atoms with van der Waals surface area (Å²) in [5.41, 5.74) is 3.22. The maximum atomic E-state index is 13.1. The van der Waals surface area contributed by atoms with Crippen LogP contribution in [-0.2, 0) is 5.75 Å². The van der Waals surface area contributed by atoms with Crippen LogP contribution in [0.5, 0.6) is 0 Å². The van der Waals surface area contributed by atoms with Gasteiger partial charge in [-0.3, -0.25) is 9.69 Å². The highest BCUT2D eigenvalue weighted by Gasteiger charge is 2.19. The van der Waals surface area contributed by atoms with Gasteiger partial charge < -0.3 is 10.2 Å². The van der Waals surface area contributed by atoms with Crippen LogP contribution in [0, 0.1) is 5.82 Å². The van der Waals surface area contributed by atoms with Gasteiger partial charge in [0.25, 0.3) is 5.91 Å².